The van der Waals surface area contributed by atoms with Crippen molar-refractivity contribution in [2.24, 2.45) is 0 Å². The summed E-state index contributed by atoms with van der Waals surface area (Å²) in [6.07, 6.45) is 1.87. The minimum atomic E-state index is -0.357. The first-order chi connectivity index (χ1) is 15.4. The van der Waals surface area contributed by atoms with Crippen LogP contribution in [0.5, 0.6) is 0 Å². The quantitative estimate of drug-likeness (QED) is 0.650. The topological polar surface area (TPSA) is 85.2 Å². The summed E-state index contributed by atoms with van der Waals surface area (Å²) in [5, 5.41) is 3.24. The third-order valence-corrected chi connectivity index (χ3v) is 5.89. The van der Waals surface area contributed by atoms with Gasteiger partial charge in [-0.15, -0.1) is 0 Å². The largest absolute Gasteiger partial charge is 0.453 e. The lowest BCUT2D eigenvalue weighted by Crippen LogP contribution is -2.46. The van der Waals surface area contributed by atoms with Gasteiger partial charge in [-0.2, -0.15) is 0 Å². The van der Waals surface area contributed by atoms with Gasteiger partial charge in [-0.05, 0) is 30.7 Å². The van der Waals surface area contributed by atoms with Crippen LogP contribution in [-0.4, -0.2) is 66.2 Å². The molecule has 1 fully saturated rings. The van der Waals surface area contributed by atoms with E-state index in [2.05, 4.69) is 5.32 Å². The van der Waals surface area contributed by atoms with Crippen LogP contribution in [-0.2, 0) is 15.9 Å². The number of methoxy groups -OCH3 is 1. The number of nitrogens with zero attached hydrogens (tertiary/aromatic N) is 3. The number of fused-ring (bicyclic) bond motifs is 1. The fourth-order valence-electron chi connectivity index (χ4n) is 4.05. The van der Waals surface area contributed by atoms with Crippen molar-refractivity contribution in [2.45, 2.75) is 19.4 Å². The predicted octanol–water partition coefficient (Wildman–Crippen LogP) is 3.33. The molecule has 0 spiro atoms. The van der Waals surface area contributed by atoms with Crippen LogP contribution < -0.4 is 5.32 Å². The number of carbonyl (C=O) groups excluding carboxylic acids is 2. The summed E-state index contributed by atoms with van der Waals surface area (Å²) in [6.45, 7) is 3.33. The summed E-state index contributed by atoms with van der Waals surface area (Å²) in [6, 6.07) is 9.18. The van der Waals surface area contributed by atoms with Crippen LogP contribution in [0.2, 0.25) is 5.02 Å². The molecule has 2 amide bonds. The van der Waals surface area contributed by atoms with Crippen LogP contribution in [0.25, 0.3) is 16.9 Å². The number of carbonyl (C=O) groups is 2. The van der Waals surface area contributed by atoms with Gasteiger partial charge in [0.2, 0.25) is 0 Å². The molecule has 9 heteroatoms. The molecule has 1 aromatic carbocycles. The van der Waals surface area contributed by atoms with Crippen molar-refractivity contribution in [1.29, 1.82) is 0 Å². The second kappa shape index (κ2) is 9.18. The summed E-state index contributed by atoms with van der Waals surface area (Å²) in [5.41, 5.74) is 4.91. The van der Waals surface area contributed by atoms with E-state index in [9.17, 15) is 9.59 Å². The van der Waals surface area contributed by atoms with Gasteiger partial charge >= 0.3 is 6.09 Å². The fourth-order valence-corrected chi connectivity index (χ4v) is 4.20. The third-order valence-electron chi connectivity index (χ3n) is 5.65. The lowest BCUT2D eigenvalue weighted by atomic mass is 9.99. The van der Waals surface area contributed by atoms with Crippen molar-refractivity contribution in [3.05, 3.63) is 58.4 Å². The highest BCUT2D eigenvalue weighted by Crippen LogP contribution is 2.30. The number of amides is 2. The Labute approximate surface area is 191 Å². The molecule has 0 aliphatic carbocycles. The number of nitrogens with one attached hydrogen (secondary N) is 1. The van der Waals surface area contributed by atoms with E-state index in [1.54, 1.807) is 18.0 Å². The lowest BCUT2D eigenvalue weighted by Gasteiger charge is -2.32. The number of ether oxygens (including phenoxy) is 2. The molecule has 0 saturated carbocycles. The SMILES string of the molecule is CNC(=O)c1ccc(-c2nc3cc(Cl)ccn3c2C[C@H]2CN(C(=O)OC)CCO2)c(C)c1. The summed E-state index contributed by atoms with van der Waals surface area (Å²) in [5.74, 6) is -0.139. The molecule has 1 saturated heterocycles. The summed E-state index contributed by atoms with van der Waals surface area (Å²) in [7, 11) is 2.99. The summed E-state index contributed by atoms with van der Waals surface area (Å²) in [4.78, 5) is 30.5. The van der Waals surface area contributed by atoms with E-state index in [-0.39, 0.29) is 18.1 Å². The number of halogens is 1. The van der Waals surface area contributed by atoms with Crippen LogP contribution in [0, 0.1) is 6.92 Å². The summed E-state index contributed by atoms with van der Waals surface area (Å²) < 4.78 is 12.8. The fraction of sp³-hybridized carbons (Fsp3) is 0.348. The first kappa shape index (κ1) is 22.1. The number of aromatic nitrogens is 2. The van der Waals surface area contributed by atoms with Crippen molar-refractivity contribution in [1.82, 2.24) is 19.6 Å². The van der Waals surface area contributed by atoms with E-state index in [1.807, 2.05) is 41.8 Å². The van der Waals surface area contributed by atoms with Crippen LogP contribution in [0.15, 0.2) is 36.5 Å². The Morgan fingerprint density at radius 2 is 2.12 bits per heavy atom. The van der Waals surface area contributed by atoms with Gasteiger partial charge in [0.25, 0.3) is 5.91 Å². The Bertz CT molecular complexity index is 1180. The molecule has 3 aromatic rings. The maximum Gasteiger partial charge on any atom is 0.409 e. The molecule has 1 N–H and O–H groups in total. The maximum absolute atomic E-state index is 12.0. The van der Waals surface area contributed by atoms with Crippen molar-refractivity contribution in [3.8, 4) is 11.3 Å². The van der Waals surface area contributed by atoms with Crippen molar-refractivity contribution >= 4 is 29.2 Å². The second-order valence-electron chi connectivity index (χ2n) is 7.70. The Morgan fingerprint density at radius 3 is 2.84 bits per heavy atom. The van der Waals surface area contributed by atoms with Crippen molar-refractivity contribution < 1.29 is 19.1 Å². The Morgan fingerprint density at radius 1 is 1.31 bits per heavy atom. The molecule has 8 nitrogen and oxygen atoms in total. The molecule has 1 aliphatic heterocycles. The van der Waals surface area contributed by atoms with E-state index in [4.69, 9.17) is 26.1 Å². The molecule has 3 heterocycles. The number of benzene rings is 1. The molecule has 168 valence electrons. The molecule has 32 heavy (non-hydrogen) atoms. The number of rotatable bonds is 4. The van der Waals surface area contributed by atoms with Crippen LogP contribution >= 0.6 is 11.6 Å². The summed E-state index contributed by atoms with van der Waals surface area (Å²) >= 11 is 6.21. The first-order valence-electron chi connectivity index (χ1n) is 10.4. The Balaban J connectivity index is 1.74. The molecule has 0 radical (unpaired) electrons. The predicted molar refractivity (Wildman–Crippen MR) is 121 cm³/mol. The third kappa shape index (κ3) is 4.28. The zero-order chi connectivity index (χ0) is 22.8. The van der Waals surface area contributed by atoms with Crippen LogP contribution in [0.3, 0.4) is 0 Å². The first-order valence-corrected chi connectivity index (χ1v) is 10.7. The lowest BCUT2D eigenvalue weighted by molar-refractivity contribution is -0.0241. The van der Waals surface area contributed by atoms with Gasteiger partial charge in [0.05, 0.1) is 37.8 Å². The number of hydrogen-bond donors (Lipinski definition) is 1. The standard InChI is InChI=1S/C23H25ClN4O4/c1-14-10-15(22(29)25-2)4-5-18(14)21-19(28-7-6-16(24)11-20(28)26-21)12-17-13-27(8-9-32-17)23(30)31-3/h4-7,10-11,17H,8-9,12-13H2,1-3H3,(H,25,29)/t17-/m0/s1. The van der Waals surface area contributed by atoms with Gasteiger partial charge in [0, 0.05) is 48.4 Å². The number of hydrogen-bond acceptors (Lipinski definition) is 5. The molecule has 2 aromatic heterocycles. The molecule has 0 unspecified atom stereocenters. The molecular weight excluding hydrogens is 432 g/mol. The normalized spacial score (nSPS) is 16.2. The minimum Gasteiger partial charge on any atom is -0.453 e. The van der Waals surface area contributed by atoms with Crippen molar-refractivity contribution in [3.63, 3.8) is 0 Å². The van der Waals surface area contributed by atoms with Gasteiger partial charge in [0.15, 0.2) is 0 Å². The number of aryl methyl sites for hydroxylation is 1. The average Bonchev–Trinajstić information content (AvgIpc) is 3.14. The average molecular weight is 457 g/mol. The highest BCUT2D eigenvalue weighted by molar-refractivity contribution is 6.30. The highest BCUT2D eigenvalue weighted by Gasteiger charge is 2.27. The van der Waals surface area contributed by atoms with Crippen LogP contribution in [0.4, 0.5) is 4.79 Å². The minimum absolute atomic E-state index is 0.139. The van der Waals surface area contributed by atoms with Crippen molar-refractivity contribution in [2.75, 3.05) is 33.9 Å². The Hall–Kier alpha value is -3.10. The number of morpholine rings is 1. The van der Waals surface area contributed by atoms with Gasteiger partial charge in [0.1, 0.15) is 5.65 Å². The smallest absolute Gasteiger partial charge is 0.409 e. The molecular formula is C23H25ClN4O4. The number of imidazole rings is 1. The Kier molecular flexibility index (Phi) is 6.34. The maximum atomic E-state index is 12.0. The zero-order valence-electron chi connectivity index (χ0n) is 18.2. The highest BCUT2D eigenvalue weighted by atomic mass is 35.5. The number of pyridine rings is 1. The van der Waals surface area contributed by atoms with Gasteiger partial charge in [-0.1, -0.05) is 17.7 Å². The van der Waals surface area contributed by atoms with E-state index in [1.165, 1.54) is 7.11 Å². The van der Waals surface area contributed by atoms with Gasteiger partial charge < -0.3 is 24.1 Å². The van der Waals surface area contributed by atoms with Gasteiger partial charge in [-0.3, -0.25) is 4.79 Å². The second-order valence-corrected chi connectivity index (χ2v) is 8.14. The molecule has 0 bridgehead atoms. The van der Waals surface area contributed by atoms with E-state index in [0.717, 1.165) is 28.2 Å². The molecule has 4 rings (SSSR count). The zero-order valence-corrected chi connectivity index (χ0v) is 19.0. The molecule has 1 aliphatic rings. The van der Waals surface area contributed by atoms with E-state index >= 15 is 0 Å². The molecule has 1 atom stereocenters. The monoisotopic (exact) mass is 456 g/mol. The van der Waals surface area contributed by atoms with E-state index in [0.29, 0.717) is 36.7 Å². The van der Waals surface area contributed by atoms with Gasteiger partial charge in [-0.25, -0.2) is 9.78 Å². The van der Waals surface area contributed by atoms with Crippen LogP contribution in [0.1, 0.15) is 21.6 Å². The van der Waals surface area contributed by atoms with E-state index < -0.39 is 0 Å².